The van der Waals surface area contributed by atoms with Gasteiger partial charge in [0.05, 0.1) is 0 Å². The first-order valence-corrected chi connectivity index (χ1v) is 9.86. The summed E-state index contributed by atoms with van der Waals surface area (Å²) in [5.41, 5.74) is 0.944. The van der Waals surface area contributed by atoms with Gasteiger partial charge in [-0.2, -0.15) is 11.8 Å². The second kappa shape index (κ2) is 5.86. The molecule has 2 fully saturated rings. The maximum atomic E-state index is 12.7. The third kappa shape index (κ3) is 2.83. The van der Waals surface area contributed by atoms with Gasteiger partial charge in [-0.05, 0) is 43.0 Å². The monoisotopic (exact) mass is 322 g/mol. The summed E-state index contributed by atoms with van der Waals surface area (Å²) in [7, 11) is 0. The zero-order chi connectivity index (χ0) is 15.0. The smallest absolute Gasteiger partial charge is 0.244 e. The molecular weight excluding hydrogens is 300 g/mol. The topological polar surface area (TPSA) is 32.3 Å². The fourth-order valence-electron chi connectivity index (χ4n) is 2.87. The average Bonchev–Trinajstić information content (AvgIpc) is 3.25. The van der Waals surface area contributed by atoms with Crippen molar-refractivity contribution in [3.63, 3.8) is 0 Å². The van der Waals surface area contributed by atoms with Crippen molar-refractivity contribution in [3.05, 3.63) is 29.8 Å². The van der Waals surface area contributed by atoms with Crippen LogP contribution < -0.4 is 5.32 Å². The Balaban J connectivity index is 1.85. The maximum Gasteiger partial charge on any atom is 0.244 e. The fourth-order valence-corrected chi connectivity index (χ4v) is 3.58. The molecule has 0 bridgehead atoms. The van der Waals surface area contributed by atoms with Gasteiger partial charge in [0.25, 0.3) is 0 Å². The lowest BCUT2D eigenvalue weighted by molar-refractivity contribution is -0.130. The Hall–Kier alpha value is -0.650. The lowest BCUT2D eigenvalue weighted by atomic mass is 10.1. The summed E-state index contributed by atoms with van der Waals surface area (Å²) < 4.78 is 0. The van der Waals surface area contributed by atoms with Crippen LogP contribution in [-0.4, -0.2) is 40.7 Å². The number of amides is 1. The second-order valence-corrected chi connectivity index (χ2v) is 8.06. The van der Waals surface area contributed by atoms with E-state index in [2.05, 4.69) is 49.0 Å². The van der Waals surface area contributed by atoms with Crippen LogP contribution >= 0.6 is 23.5 Å². The van der Waals surface area contributed by atoms with Crippen LogP contribution in [0.15, 0.2) is 29.2 Å². The first-order valence-electron chi connectivity index (χ1n) is 7.35. The van der Waals surface area contributed by atoms with E-state index in [-0.39, 0.29) is 11.7 Å². The average molecular weight is 322 g/mol. The molecule has 1 saturated carbocycles. The molecule has 1 aliphatic carbocycles. The van der Waals surface area contributed by atoms with Crippen molar-refractivity contribution in [2.24, 2.45) is 0 Å². The van der Waals surface area contributed by atoms with Crippen LogP contribution in [0.4, 0.5) is 0 Å². The SMILES string of the molecule is CSc1ccc(C2NC3(CC3)C(=O)N2CC(C)SC)cc1. The van der Waals surface area contributed by atoms with Gasteiger partial charge >= 0.3 is 0 Å². The van der Waals surface area contributed by atoms with Gasteiger partial charge in [-0.25, -0.2) is 0 Å². The number of rotatable bonds is 5. The predicted molar refractivity (Wildman–Crippen MR) is 90.8 cm³/mol. The maximum absolute atomic E-state index is 12.7. The molecule has 2 unspecified atom stereocenters. The van der Waals surface area contributed by atoms with E-state index in [4.69, 9.17) is 0 Å². The van der Waals surface area contributed by atoms with Crippen molar-refractivity contribution in [3.8, 4) is 0 Å². The minimum Gasteiger partial charge on any atom is -0.320 e. The Bertz CT molecular complexity index is 528. The first-order chi connectivity index (χ1) is 10.1. The number of thioether (sulfide) groups is 2. The molecule has 1 amide bonds. The van der Waals surface area contributed by atoms with Gasteiger partial charge in [-0.1, -0.05) is 19.1 Å². The van der Waals surface area contributed by atoms with E-state index in [1.54, 1.807) is 11.8 Å². The van der Waals surface area contributed by atoms with Gasteiger partial charge in [0, 0.05) is 16.7 Å². The van der Waals surface area contributed by atoms with E-state index in [1.165, 1.54) is 10.5 Å². The van der Waals surface area contributed by atoms with Crippen molar-refractivity contribution < 1.29 is 4.79 Å². The number of benzene rings is 1. The lowest BCUT2D eigenvalue weighted by Crippen LogP contribution is -2.36. The highest BCUT2D eigenvalue weighted by molar-refractivity contribution is 7.99. The summed E-state index contributed by atoms with van der Waals surface area (Å²) in [4.78, 5) is 16.0. The molecule has 114 valence electrons. The van der Waals surface area contributed by atoms with E-state index >= 15 is 0 Å². The van der Waals surface area contributed by atoms with Crippen LogP contribution in [0.25, 0.3) is 0 Å². The molecule has 2 atom stereocenters. The van der Waals surface area contributed by atoms with Gasteiger partial charge < -0.3 is 4.90 Å². The molecule has 0 aromatic heterocycles. The van der Waals surface area contributed by atoms with E-state index in [1.807, 2.05) is 16.7 Å². The molecule has 1 aromatic rings. The Labute approximate surface area is 135 Å². The number of carbonyl (C=O) groups excluding carboxylic acids is 1. The summed E-state index contributed by atoms with van der Waals surface area (Å²) in [6, 6.07) is 8.57. The molecule has 3 nitrogen and oxygen atoms in total. The molecule has 1 spiro atoms. The van der Waals surface area contributed by atoms with Crippen molar-refractivity contribution in [1.29, 1.82) is 0 Å². The van der Waals surface area contributed by atoms with E-state index in [0.717, 1.165) is 19.4 Å². The third-order valence-electron chi connectivity index (χ3n) is 4.43. The highest BCUT2D eigenvalue weighted by Crippen LogP contribution is 2.46. The summed E-state index contributed by atoms with van der Waals surface area (Å²) in [5, 5.41) is 4.04. The molecule has 1 heterocycles. The van der Waals surface area contributed by atoms with Gasteiger partial charge in [0.2, 0.25) is 5.91 Å². The van der Waals surface area contributed by atoms with E-state index in [0.29, 0.717) is 11.2 Å². The second-order valence-electron chi connectivity index (χ2n) is 5.91. The van der Waals surface area contributed by atoms with Crippen molar-refractivity contribution in [1.82, 2.24) is 10.2 Å². The van der Waals surface area contributed by atoms with Crippen LogP contribution in [0.1, 0.15) is 31.5 Å². The fraction of sp³-hybridized carbons (Fsp3) is 0.562. The number of hydrogen-bond acceptors (Lipinski definition) is 4. The van der Waals surface area contributed by atoms with Crippen LogP contribution in [-0.2, 0) is 4.79 Å². The van der Waals surface area contributed by atoms with Gasteiger partial charge in [-0.3, -0.25) is 10.1 Å². The molecule has 1 aromatic carbocycles. The van der Waals surface area contributed by atoms with Gasteiger partial charge in [0.1, 0.15) is 11.7 Å². The largest absolute Gasteiger partial charge is 0.320 e. The quantitative estimate of drug-likeness (QED) is 0.844. The molecule has 2 aliphatic rings. The van der Waals surface area contributed by atoms with E-state index < -0.39 is 0 Å². The van der Waals surface area contributed by atoms with Crippen LogP contribution in [0.5, 0.6) is 0 Å². The number of carbonyl (C=O) groups is 1. The predicted octanol–water partition coefficient (Wildman–Crippen LogP) is 3.12. The highest BCUT2D eigenvalue weighted by atomic mass is 32.2. The molecule has 21 heavy (non-hydrogen) atoms. The summed E-state index contributed by atoms with van der Waals surface area (Å²) in [5.74, 6) is 0.294. The Kier molecular flexibility index (Phi) is 4.26. The Morgan fingerprint density at radius 2 is 2.00 bits per heavy atom. The minimum atomic E-state index is -0.249. The summed E-state index contributed by atoms with van der Waals surface area (Å²) >= 11 is 3.56. The van der Waals surface area contributed by atoms with Crippen molar-refractivity contribution in [2.45, 2.75) is 41.6 Å². The van der Waals surface area contributed by atoms with Crippen molar-refractivity contribution in [2.75, 3.05) is 19.1 Å². The molecule has 0 radical (unpaired) electrons. The minimum absolute atomic E-state index is 0.0329. The number of hydrogen-bond donors (Lipinski definition) is 1. The Morgan fingerprint density at radius 3 is 2.52 bits per heavy atom. The molecule has 1 aliphatic heterocycles. The molecule has 5 heteroatoms. The van der Waals surface area contributed by atoms with Gasteiger partial charge in [-0.15, -0.1) is 11.8 Å². The van der Waals surface area contributed by atoms with Crippen molar-refractivity contribution >= 4 is 29.4 Å². The Morgan fingerprint density at radius 1 is 1.33 bits per heavy atom. The zero-order valence-electron chi connectivity index (χ0n) is 12.8. The molecule has 3 rings (SSSR count). The molecule has 1 N–H and O–H groups in total. The van der Waals surface area contributed by atoms with Crippen LogP contribution in [0.2, 0.25) is 0 Å². The van der Waals surface area contributed by atoms with Crippen LogP contribution in [0, 0.1) is 0 Å². The summed E-state index contributed by atoms with van der Waals surface area (Å²) in [6.07, 6.45) is 6.18. The lowest BCUT2D eigenvalue weighted by Gasteiger charge is -2.27. The van der Waals surface area contributed by atoms with E-state index in [9.17, 15) is 4.79 Å². The number of nitrogens with one attached hydrogen (secondary N) is 1. The highest BCUT2D eigenvalue weighted by Gasteiger charge is 2.59. The zero-order valence-corrected chi connectivity index (χ0v) is 14.4. The summed E-state index contributed by atoms with van der Waals surface area (Å²) in [6.45, 7) is 2.99. The normalized spacial score (nSPS) is 24.6. The standard InChI is InChI=1S/C16H22N2OS2/c1-11(20-2)10-18-14(17-16(8-9-16)15(18)19)12-4-6-13(21-3)7-5-12/h4-7,11,14,17H,8-10H2,1-3H3. The molecular formula is C16H22N2OS2. The number of nitrogens with zero attached hydrogens (tertiary/aromatic N) is 1. The third-order valence-corrected chi connectivity index (χ3v) is 6.13. The van der Waals surface area contributed by atoms with Gasteiger partial charge in [0.15, 0.2) is 0 Å². The first kappa shape index (κ1) is 15.3. The van der Waals surface area contributed by atoms with Crippen LogP contribution in [0.3, 0.4) is 0 Å². The molecule has 1 saturated heterocycles.